The van der Waals surface area contributed by atoms with E-state index >= 15 is 0 Å². The van der Waals surface area contributed by atoms with Crippen LogP contribution in [0.4, 0.5) is 0 Å². The molecule has 0 spiro atoms. The first-order valence-corrected chi connectivity index (χ1v) is 4.42. The van der Waals surface area contributed by atoms with Gasteiger partial charge in [0.25, 0.3) is 0 Å². The van der Waals surface area contributed by atoms with Crippen LogP contribution in [-0.2, 0) is 6.54 Å². The van der Waals surface area contributed by atoms with Crippen LogP contribution < -0.4 is 5.32 Å². The summed E-state index contributed by atoms with van der Waals surface area (Å²) >= 11 is 0. The van der Waals surface area contributed by atoms with Crippen molar-refractivity contribution in [3.8, 4) is 0 Å². The molecule has 0 saturated carbocycles. The van der Waals surface area contributed by atoms with Crippen LogP contribution in [0.5, 0.6) is 0 Å². The number of hydrogen-bond donors (Lipinski definition) is 1. The molecule has 1 aromatic rings. The number of aryl methyl sites for hydroxylation is 1. The Morgan fingerprint density at radius 3 is 2.83 bits per heavy atom. The monoisotopic (exact) mass is 167 g/mol. The van der Waals surface area contributed by atoms with Gasteiger partial charge in [0.05, 0.1) is 12.2 Å². The number of rotatable bonds is 4. The van der Waals surface area contributed by atoms with E-state index in [1.54, 1.807) is 0 Å². The van der Waals surface area contributed by atoms with Gasteiger partial charge in [0.1, 0.15) is 0 Å². The van der Waals surface area contributed by atoms with Crippen molar-refractivity contribution >= 4 is 0 Å². The van der Waals surface area contributed by atoms with Crippen LogP contribution in [0.15, 0.2) is 12.3 Å². The summed E-state index contributed by atoms with van der Waals surface area (Å²) in [4.78, 5) is 0. The minimum atomic E-state index is 0.557. The van der Waals surface area contributed by atoms with Crippen LogP contribution in [0.1, 0.15) is 19.5 Å². The molecule has 0 amide bonds. The van der Waals surface area contributed by atoms with Crippen molar-refractivity contribution in [1.82, 2.24) is 15.1 Å². The summed E-state index contributed by atoms with van der Waals surface area (Å²) in [6.45, 7) is 8.24. The normalized spacial score (nSPS) is 11.0. The molecule has 3 nitrogen and oxygen atoms in total. The molecule has 1 heterocycles. The molecule has 0 fully saturated rings. The van der Waals surface area contributed by atoms with E-state index in [0.29, 0.717) is 6.04 Å². The fourth-order valence-electron chi connectivity index (χ4n) is 1.06. The van der Waals surface area contributed by atoms with Crippen LogP contribution in [0.3, 0.4) is 0 Å². The molecule has 1 rings (SSSR count). The van der Waals surface area contributed by atoms with Gasteiger partial charge in [0.15, 0.2) is 0 Å². The highest BCUT2D eigenvalue weighted by Crippen LogP contribution is 1.91. The Labute approximate surface area is 73.8 Å². The van der Waals surface area contributed by atoms with Gasteiger partial charge in [0.2, 0.25) is 0 Å². The first-order chi connectivity index (χ1) is 5.68. The zero-order valence-corrected chi connectivity index (χ0v) is 8.04. The molecule has 0 unspecified atom stereocenters. The molecule has 1 aromatic heterocycles. The molecule has 0 radical (unpaired) electrons. The van der Waals surface area contributed by atoms with Gasteiger partial charge in [-0.3, -0.25) is 4.68 Å². The van der Waals surface area contributed by atoms with Crippen LogP contribution in [0, 0.1) is 6.92 Å². The van der Waals surface area contributed by atoms with E-state index in [-0.39, 0.29) is 0 Å². The standard InChI is InChI=1S/C9H17N3/c1-8(2)10-5-7-12-6-4-9(3)11-12/h4,6,8,10H,5,7H2,1-3H3. The van der Waals surface area contributed by atoms with E-state index in [4.69, 9.17) is 0 Å². The van der Waals surface area contributed by atoms with Crippen molar-refractivity contribution in [1.29, 1.82) is 0 Å². The first-order valence-electron chi connectivity index (χ1n) is 4.42. The lowest BCUT2D eigenvalue weighted by atomic mass is 10.4. The highest BCUT2D eigenvalue weighted by molar-refractivity contribution is 4.94. The van der Waals surface area contributed by atoms with E-state index in [1.165, 1.54) is 0 Å². The molecule has 3 heteroatoms. The van der Waals surface area contributed by atoms with Crippen molar-refractivity contribution in [3.05, 3.63) is 18.0 Å². The Kier molecular flexibility index (Phi) is 3.29. The number of nitrogens with zero attached hydrogens (tertiary/aromatic N) is 2. The molecule has 0 aliphatic rings. The lowest BCUT2D eigenvalue weighted by Gasteiger charge is -2.07. The van der Waals surface area contributed by atoms with Crippen LogP contribution in [-0.4, -0.2) is 22.4 Å². The average molecular weight is 167 g/mol. The minimum absolute atomic E-state index is 0.557. The lowest BCUT2D eigenvalue weighted by Crippen LogP contribution is -2.26. The summed E-state index contributed by atoms with van der Waals surface area (Å²) in [7, 11) is 0. The summed E-state index contributed by atoms with van der Waals surface area (Å²) in [6, 6.07) is 2.58. The Hall–Kier alpha value is -0.830. The topological polar surface area (TPSA) is 29.9 Å². The number of nitrogens with one attached hydrogen (secondary N) is 1. The fourth-order valence-corrected chi connectivity index (χ4v) is 1.06. The second-order valence-corrected chi connectivity index (χ2v) is 3.33. The third-order valence-electron chi connectivity index (χ3n) is 1.67. The minimum Gasteiger partial charge on any atom is -0.313 e. The summed E-state index contributed by atoms with van der Waals surface area (Å²) in [5, 5.41) is 7.63. The number of hydrogen-bond acceptors (Lipinski definition) is 2. The zero-order chi connectivity index (χ0) is 8.97. The SMILES string of the molecule is Cc1ccn(CCNC(C)C)n1. The molecule has 0 aliphatic carbocycles. The molecule has 0 saturated heterocycles. The second-order valence-electron chi connectivity index (χ2n) is 3.33. The van der Waals surface area contributed by atoms with Gasteiger partial charge in [-0.1, -0.05) is 13.8 Å². The van der Waals surface area contributed by atoms with Crippen molar-refractivity contribution in [2.45, 2.75) is 33.4 Å². The molecule has 0 aliphatic heterocycles. The van der Waals surface area contributed by atoms with E-state index in [9.17, 15) is 0 Å². The maximum atomic E-state index is 4.28. The predicted octanol–water partition coefficient (Wildman–Crippen LogP) is 1.19. The predicted molar refractivity (Wildman–Crippen MR) is 50.1 cm³/mol. The summed E-state index contributed by atoms with van der Waals surface area (Å²) in [5.74, 6) is 0. The van der Waals surface area contributed by atoms with Gasteiger partial charge in [0, 0.05) is 18.8 Å². The fraction of sp³-hybridized carbons (Fsp3) is 0.667. The molecular formula is C9H17N3. The summed E-state index contributed by atoms with van der Waals surface area (Å²) in [6.07, 6.45) is 2.01. The highest BCUT2D eigenvalue weighted by atomic mass is 15.3. The van der Waals surface area contributed by atoms with Gasteiger partial charge in [-0.15, -0.1) is 0 Å². The third kappa shape index (κ3) is 3.05. The molecule has 0 aromatic carbocycles. The highest BCUT2D eigenvalue weighted by Gasteiger charge is 1.94. The van der Waals surface area contributed by atoms with Gasteiger partial charge in [-0.05, 0) is 13.0 Å². The molecular weight excluding hydrogens is 150 g/mol. The van der Waals surface area contributed by atoms with Gasteiger partial charge in [-0.2, -0.15) is 5.10 Å². The van der Waals surface area contributed by atoms with E-state index in [0.717, 1.165) is 18.8 Å². The molecule has 1 N–H and O–H groups in total. The Morgan fingerprint density at radius 2 is 2.33 bits per heavy atom. The summed E-state index contributed by atoms with van der Waals surface area (Å²) in [5.41, 5.74) is 1.08. The van der Waals surface area contributed by atoms with E-state index in [1.807, 2.05) is 23.9 Å². The maximum absolute atomic E-state index is 4.28. The van der Waals surface area contributed by atoms with Gasteiger partial charge >= 0.3 is 0 Å². The van der Waals surface area contributed by atoms with E-state index < -0.39 is 0 Å². The molecule has 12 heavy (non-hydrogen) atoms. The van der Waals surface area contributed by atoms with Crippen molar-refractivity contribution in [3.63, 3.8) is 0 Å². The van der Waals surface area contributed by atoms with Gasteiger partial charge < -0.3 is 5.32 Å². The largest absolute Gasteiger partial charge is 0.313 e. The second kappa shape index (κ2) is 4.26. The zero-order valence-electron chi connectivity index (χ0n) is 8.04. The van der Waals surface area contributed by atoms with Crippen LogP contribution in [0.25, 0.3) is 0 Å². The van der Waals surface area contributed by atoms with Crippen molar-refractivity contribution in [2.75, 3.05) is 6.54 Å². The quantitative estimate of drug-likeness (QED) is 0.730. The maximum Gasteiger partial charge on any atom is 0.0593 e. The van der Waals surface area contributed by atoms with Crippen LogP contribution in [0.2, 0.25) is 0 Å². The van der Waals surface area contributed by atoms with Crippen LogP contribution >= 0.6 is 0 Å². The first kappa shape index (κ1) is 9.26. The Morgan fingerprint density at radius 1 is 1.58 bits per heavy atom. The summed E-state index contributed by atoms with van der Waals surface area (Å²) < 4.78 is 1.96. The average Bonchev–Trinajstić information content (AvgIpc) is 2.35. The van der Waals surface area contributed by atoms with Gasteiger partial charge in [-0.25, -0.2) is 0 Å². The van der Waals surface area contributed by atoms with Crippen molar-refractivity contribution < 1.29 is 0 Å². The third-order valence-corrected chi connectivity index (χ3v) is 1.67. The molecule has 68 valence electrons. The molecule has 0 atom stereocenters. The number of aromatic nitrogens is 2. The Bertz CT molecular complexity index is 227. The lowest BCUT2D eigenvalue weighted by molar-refractivity contribution is 0.514. The molecule has 0 bridgehead atoms. The Balaban J connectivity index is 2.24. The smallest absolute Gasteiger partial charge is 0.0593 e. The van der Waals surface area contributed by atoms with E-state index in [2.05, 4.69) is 24.3 Å². The van der Waals surface area contributed by atoms with Crippen molar-refractivity contribution in [2.24, 2.45) is 0 Å².